The number of aliphatic hydroxyl groups is 1. The molecule has 0 fully saturated rings. The Bertz CT molecular complexity index is 809. The minimum Gasteiger partial charge on any atom is -0.465 e. The lowest BCUT2D eigenvalue weighted by Crippen LogP contribution is -2.45. The monoisotopic (exact) mass is 427 g/mol. The first-order valence-corrected chi connectivity index (χ1v) is 9.80. The number of nitrogens with one attached hydrogen (secondary N) is 1. The number of ether oxygens (including phenoxy) is 1. The quantitative estimate of drug-likeness (QED) is 0.661. The predicted molar refractivity (Wildman–Crippen MR) is 96.3 cm³/mol. The van der Waals surface area contributed by atoms with Gasteiger partial charge in [0.25, 0.3) is 0 Å². The minimum atomic E-state index is -4.02. The van der Waals surface area contributed by atoms with Gasteiger partial charge in [0, 0.05) is 4.47 Å². The molecule has 0 spiro atoms. The SMILES string of the molecule is CCOC(=O)[C@@H](NS(=O)(=O)c1ccc(Br)cc1)[C@@H](O)c1ccccc1. The van der Waals surface area contributed by atoms with E-state index in [1.165, 1.54) is 12.1 Å². The van der Waals surface area contributed by atoms with E-state index < -0.39 is 28.1 Å². The van der Waals surface area contributed by atoms with Crippen molar-refractivity contribution < 1.29 is 23.1 Å². The normalized spacial score (nSPS) is 13.9. The number of aliphatic hydroxyl groups excluding tert-OH is 1. The second-order valence-corrected chi connectivity index (χ2v) is 7.79. The summed E-state index contributed by atoms with van der Waals surface area (Å²) in [5.74, 6) is -0.848. The highest BCUT2D eigenvalue weighted by Crippen LogP contribution is 2.21. The highest BCUT2D eigenvalue weighted by atomic mass is 79.9. The van der Waals surface area contributed by atoms with Gasteiger partial charge in [0.15, 0.2) is 0 Å². The zero-order valence-corrected chi connectivity index (χ0v) is 15.8. The molecule has 0 bridgehead atoms. The Balaban J connectivity index is 2.32. The predicted octanol–water partition coefficient (Wildman–Crippen LogP) is 2.39. The van der Waals surface area contributed by atoms with E-state index in [0.29, 0.717) is 5.56 Å². The van der Waals surface area contributed by atoms with Gasteiger partial charge >= 0.3 is 5.97 Å². The number of rotatable bonds is 7. The number of carbonyl (C=O) groups is 1. The average molecular weight is 428 g/mol. The fourth-order valence-electron chi connectivity index (χ4n) is 2.17. The van der Waals surface area contributed by atoms with Crippen molar-refractivity contribution in [1.29, 1.82) is 0 Å². The minimum absolute atomic E-state index is 0.0229. The Hall–Kier alpha value is -1.74. The van der Waals surface area contributed by atoms with E-state index in [2.05, 4.69) is 20.7 Å². The van der Waals surface area contributed by atoms with Gasteiger partial charge in [-0.3, -0.25) is 4.79 Å². The van der Waals surface area contributed by atoms with Gasteiger partial charge in [0.2, 0.25) is 10.0 Å². The molecule has 2 N–H and O–H groups in total. The van der Waals surface area contributed by atoms with Crippen molar-refractivity contribution >= 4 is 31.9 Å². The van der Waals surface area contributed by atoms with Crippen LogP contribution in [0.15, 0.2) is 64.0 Å². The van der Waals surface area contributed by atoms with Crippen LogP contribution in [-0.4, -0.2) is 32.1 Å². The Morgan fingerprint density at radius 1 is 1.16 bits per heavy atom. The maximum absolute atomic E-state index is 12.6. The van der Waals surface area contributed by atoms with Crippen molar-refractivity contribution in [2.24, 2.45) is 0 Å². The first kappa shape index (κ1) is 19.6. The van der Waals surface area contributed by atoms with E-state index in [0.717, 1.165) is 4.47 Å². The second-order valence-electron chi connectivity index (χ2n) is 5.16. The molecule has 2 atom stereocenters. The van der Waals surface area contributed by atoms with Crippen LogP contribution in [0.25, 0.3) is 0 Å². The lowest BCUT2D eigenvalue weighted by atomic mass is 10.0. The molecule has 25 heavy (non-hydrogen) atoms. The molecule has 0 aromatic heterocycles. The fraction of sp³-hybridized carbons (Fsp3) is 0.235. The average Bonchev–Trinajstić information content (AvgIpc) is 2.60. The number of halogens is 1. The Morgan fingerprint density at radius 3 is 2.32 bits per heavy atom. The van der Waals surface area contributed by atoms with Gasteiger partial charge in [-0.25, -0.2) is 8.42 Å². The summed E-state index contributed by atoms with van der Waals surface area (Å²) in [4.78, 5) is 12.2. The lowest BCUT2D eigenvalue weighted by molar-refractivity contribution is -0.148. The zero-order chi connectivity index (χ0) is 18.4. The summed E-state index contributed by atoms with van der Waals surface area (Å²) >= 11 is 3.23. The highest BCUT2D eigenvalue weighted by molar-refractivity contribution is 9.10. The molecule has 0 saturated heterocycles. The summed E-state index contributed by atoms with van der Waals surface area (Å²) < 4.78 is 33.0. The third-order valence-electron chi connectivity index (χ3n) is 3.40. The van der Waals surface area contributed by atoms with Crippen molar-refractivity contribution in [2.45, 2.75) is 24.0 Å². The molecule has 0 radical (unpaired) electrons. The van der Waals surface area contributed by atoms with E-state index in [1.54, 1.807) is 49.4 Å². The van der Waals surface area contributed by atoms with Crippen molar-refractivity contribution in [1.82, 2.24) is 4.72 Å². The lowest BCUT2D eigenvalue weighted by Gasteiger charge is -2.22. The van der Waals surface area contributed by atoms with Gasteiger partial charge in [-0.1, -0.05) is 46.3 Å². The molecule has 2 aromatic rings. The van der Waals surface area contributed by atoms with Gasteiger partial charge < -0.3 is 9.84 Å². The molecule has 0 aliphatic carbocycles. The van der Waals surface area contributed by atoms with E-state index >= 15 is 0 Å². The van der Waals surface area contributed by atoms with Crippen LogP contribution in [0.2, 0.25) is 0 Å². The number of hydrogen-bond acceptors (Lipinski definition) is 5. The van der Waals surface area contributed by atoms with Crippen LogP contribution in [0.3, 0.4) is 0 Å². The molecule has 134 valence electrons. The molecule has 6 nitrogen and oxygen atoms in total. The van der Waals surface area contributed by atoms with E-state index in [-0.39, 0.29) is 11.5 Å². The molecular weight excluding hydrogens is 410 g/mol. The third-order valence-corrected chi connectivity index (χ3v) is 5.39. The Labute approximate surface area is 155 Å². The molecule has 0 saturated carbocycles. The molecule has 0 heterocycles. The zero-order valence-electron chi connectivity index (χ0n) is 13.4. The molecule has 0 aliphatic rings. The van der Waals surface area contributed by atoms with Gasteiger partial charge in [-0.05, 0) is 36.8 Å². The standard InChI is InChI=1S/C17H18BrNO5S/c1-2-24-17(21)15(16(20)12-6-4-3-5-7-12)19-25(22,23)14-10-8-13(18)9-11-14/h3-11,15-16,19-20H,2H2,1H3/t15-,16-/m0/s1. The van der Waals surface area contributed by atoms with E-state index in [4.69, 9.17) is 4.74 Å². The van der Waals surface area contributed by atoms with Crippen LogP contribution in [0, 0.1) is 0 Å². The van der Waals surface area contributed by atoms with Crippen molar-refractivity contribution in [2.75, 3.05) is 6.61 Å². The van der Waals surface area contributed by atoms with Crippen LogP contribution >= 0.6 is 15.9 Å². The summed E-state index contributed by atoms with van der Waals surface area (Å²) in [5, 5.41) is 10.5. The van der Waals surface area contributed by atoms with Crippen LogP contribution in [-0.2, 0) is 19.6 Å². The first-order chi connectivity index (χ1) is 11.8. The van der Waals surface area contributed by atoms with Gasteiger partial charge in [-0.15, -0.1) is 0 Å². The smallest absolute Gasteiger partial charge is 0.327 e. The van der Waals surface area contributed by atoms with E-state index in [9.17, 15) is 18.3 Å². The molecule has 8 heteroatoms. The molecular formula is C17H18BrNO5S. The van der Waals surface area contributed by atoms with Gasteiger partial charge in [0.1, 0.15) is 12.1 Å². The number of sulfonamides is 1. The fourth-order valence-corrected chi connectivity index (χ4v) is 3.62. The van der Waals surface area contributed by atoms with Gasteiger partial charge in [0.05, 0.1) is 11.5 Å². The van der Waals surface area contributed by atoms with Crippen LogP contribution in [0.5, 0.6) is 0 Å². The van der Waals surface area contributed by atoms with Crippen molar-refractivity contribution in [3.63, 3.8) is 0 Å². The summed E-state index contributed by atoms with van der Waals surface area (Å²) in [7, 11) is -4.02. The molecule has 2 rings (SSSR count). The summed E-state index contributed by atoms with van der Waals surface area (Å²) in [6, 6.07) is 12.8. The maximum Gasteiger partial charge on any atom is 0.327 e. The largest absolute Gasteiger partial charge is 0.465 e. The van der Waals surface area contributed by atoms with Crippen molar-refractivity contribution in [3.8, 4) is 0 Å². The topological polar surface area (TPSA) is 92.7 Å². The first-order valence-electron chi connectivity index (χ1n) is 7.52. The van der Waals surface area contributed by atoms with Crippen molar-refractivity contribution in [3.05, 3.63) is 64.6 Å². The molecule has 0 unspecified atom stereocenters. The number of hydrogen-bond donors (Lipinski definition) is 2. The summed E-state index contributed by atoms with van der Waals surface area (Å²) in [6.45, 7) is 1.67. The third kappa shape index (κ3) is 5.12. The van der Waals surface area contributed by atoms with Crippen LogP contribution in [0.1, 0.15) is 18.6 Å². The van der Waals surface area contributed by atoms with Crippen LogP contribution < -0.4 is 4.72 Å². The molecule has 0 amide bonds. The molecule has 2 aromatic carbocycles. The number of carbonyl (C=O) groups excluding carboxylic acids is 1. The number of benzene rings is 2. The Morgan fingerprint density at radius 2 is 1.76 bits per heavy atom. The maximum atomic E-state index is 12.6. The van der Waals surface area contributed by atoms with Crippen LogP contribution in [0.4, 0.5) is 0 Å². The van der Waals surface area contributed by atoms with E-state index in [1.807, 2.05) is 0 Å². The molecule has 0 aliphatic heterocycles. The highest BCUT2D eigenvalue weighted by Gasteiger charge is 2.33. The summed E-state index contributed by atoms with van der Waals surface area (Å²) in [5.41, 5.74) is 0.402. The Kier molecular flexibility index (Phi) is 6.71. The summed E-state index contributed by atoms with van der Waals surface area (Å²) in [6.07, 6.45) is -1.38. The van der Waals surface area contributed by atoms with Gasteiger partial charge in [-0.2, -0.15) is 4.72 Å². The number of esters is 1. The second kappa shape index (κ2) is 8.57.